The molecule has 4 rings (SSSR count). The van der Waals surface area contributed by atoms with Crippen molar-refractivity contribution >= 4 is 27.9 Å². The van der Waals surface area contributed by atoms with Crippen molar-refractivity contribution in [2.75, 3.05) is 5.32 Å². The Morgan fingerprint density at radius 1 is 1.40 bits per heavy atom. The molecule has 0 amide bonds. The molecule has 25 heavy (non-hydrogen) atoms. The molecule has 132 valence electrons. The van der Waals surface area contributed by atoms with Crippen molar-refractivity contribution in [2.45, 2.75) is 44.7 Å². The summed E-state index contributed by atoms with van der Waals surface area (Å²) < 4.78 is 15.0. The number of halogens is 1. The van der Waals surface area contributed by atoms with Crippen LogP contribution < -0.4 is 11.1 Å². The molecule has 0 spiro atoms. The lowest BCUT2D eigenvalue weighted by molar-refractivity contribution is 0.402. The van der Waals surface area contributed by atoms with Crippen LogP contribution in [0.5, 0.6) is 5.88 Å². The van der Waals surface area contributed by atoms with Crippen molar-refractivity contribution in [3.05, 3.63) is 23.2 Å². The summed E-state index contributed by atoms with van der Waals surface area (Å²) >= 11 is 1.46. The molecule has 1 aliphatic carbocycles. The van der Waals surface area contributed by atoms with Crippen molar-refractivity contribution in [1.82, 2.24) is 15.0 Å². The van der Waals surface area contributed by atoms with Gasteiger partial charge in [-0.25, -0.2) is 14.4 Å². The number of nitrogens with zero attached hydrogens (tertiary/aromatic N) is 2. The SMILES string of the molecule is Cc1ncc(-c2nc(N[C@@H]3CCCC[C@@H]3N)c(F)c3c[nH]c(O)c23)s1. The maximum atomic E-state index is 15.0. The molecule has 2 atom stereocenters. The summed E-state index contributed by atoms with van der Waals surface area (Å²) in [5.41, 5.74) is 6.70. The minimum absolute atomic E-state index is 0.00298. The molecule has 3 aromatic rings. The molecule has 0 radical (unpaired) electrons. The summed E-state index contributed by atoms with van der Waals surface area (Å²) in [5, 5.41) is 14.9. The van der Waals surface area contributed by atoms with Gasteiger partial charge in [0.25, 0.3) is 0 Å². The van der Waals surface area contributed by atoms with Crippen molar-refractivity contribution < 1.29 is 9.50 Å². The van der Waals surface area contributed by atoms with Crippen LogP contribution in [0.2, 0.25) is 0 Å². The molecule has 0 aliphatic heterocycles. The van der Waals surface area contributed by atoms with Gasteiger partial charge in [0.15, 0.2) is 17.5 Å². The maximum absolute atomic E-state index is 15.0. The number of thiazole rings is 1. The third-order valence-corrected chi connectivity index (χ3v) is 5.68. The Hall–Kier alpha value is -2.19. The molecule has 5 N–H and O–H groups in total. The summed E-state index contributed by atoms with van der Waals surface area (Å²) in [6.07, 6.45) is 7.15. The molecule has 0 saturated heterocycles. The number of rotatable bonds is 3. The lowest BCUT2D eigenvalue weighted by Crippen LogP contribution is -2.43. The molecule has 3 aromatic heterocycles. The number of hydrogen-bond donors (Lipinski definition) is 4. The maximum Gasteiger partial charge on any atom is 0.198 e. The van der Waals surface area contributed by atoms with Crippen molar-refractivity contribution in [3.8, 4) is 16.5 Å². The second-order valence-electron chi connectivity index (χ2n) is 6.49. The smallest absolute Gasteiger partial charge is 0.198 e. The predicted octanol–water partition coefficient (Wildman–Crippen LogP) is 3.52. The van der Waals surface area contributed by atoms with Gasteiger partial charge in [0, 0.05) is 29.9 Å². The number of aromatic hydroxyl groups is 1. The largest absolute Gasteiger partial charge is 0.494 e. The van der Waals surface area contributed by atoms with E-state index in [1.165, 1.54) is 17.5 Å². The number of aromatic amines is 1. The van der Waals surface area contributed by atoms with Crippen LogP contribution in [0.3, 0.4) is 0 Å². The van der Waals surface area contributed by atoms with Gasteiger partial charge in [-0.3, -0.25) is 0 Å². The standard InChI is InChI=1S/C17H20FN5OS/c1-8-20-7-12(25-8)15-13-9(6-21-17(13)24)14(18)16(23-15)22-11-5-3-2-4-10(11)19/h6-7,10-11,21-22,24H,2-5,19H2,1H3/t10-,11+/m0/s1. The lowest BCUT2D eigenvalue weighted by atomic mass is 9.91. The van der Waals surface area contributed by atoms with Crippen LogP contribution in [-0.4, -0.2) is 32.1 Å². The Morgan fingerprint density at radius 3 is 2.92 bits per heavy atom. The zero-order chi connectivity index (χ0) is 17.6. The molecule has 1 saturated carbocycles. The van der Waals surface area contributed by atoms with Gasteiger partial charge in [0.2, 0.25) is 0 Å². The highest BCUT2D eigenvalue weighted by molar-refractivity contribution is 7.15. The number of H-pyrrole nitrogens is 1. The number of hydrogen-bond acceptors (Lipinski definition) is 6. The average molecular weight is 361 g/mol. The molecule has 1 fully saturated rings. The van der Waals surface area contributed by atoms with Crippen LogP contribution in [0, 0.1) is 12.7 Å². The van der Waals surface area contributed by atoms with Gasteiger partial charge < -0.3 is 21.1 Å². The average Bonchev–Trinajstić information content (AvgIpc) is 3.19. The number of anilines is 1. The van der Waals surface area contributed by atoms with Gasteiger partial charge in [-0.2, -0.15) is 0 Å². The van der Waals surface area contributed by atoms with Gasteiger partial charge in [0.1, 0.15) is 0 Å². The zero-order valence-corrected chi connectivity index (χ0v) is 14.7. The highest BCUT2D eigenvalue weighted by Crippen LogP contribution is 2.39. The van der Waals surface area contributed by atoms with E-state index < -0.39 is 5.82 Å². The van der Waals surface area contributed by atoms with Crippen LogP contribution in [-0.2, 0) is 0 Å². The number of aryl methyl sites for hydroxylation is 1. The summed E-state index contributed by atoms with van der Waals surface area (Å²) in [5.74, 6) is -0.396. The first-order chi connectivity index (χ1) is 12.0. The first kappa shape index (κ1) is 16.3. The van der Waals surface area contributed by atoms with E-state index in [2.05, 4.69) is 20.3 Å². The van der Waals surface area contributed by atoms with E-state index in [9.17, 15) is 9.50 Å². The van der Waals surface area contributed by atoms with Crippen molar-refractivity contribution in [2.24, 2.45) is 5.73 Å². The summed E-state index contributed by atoms with van der Waals surface area (Å²) in [7, 11) is 0. The number of pyridine rings is 1. The summed E-state index contributed by atoms with van der Waals surface area (Å²) in [6.45, 7) is 1.89. The molecular formula is C17H20FN5OS. The van der Waals surface area contributed by atoms with E-state index >= 15 is 0 Å². The van der Waals surface area contributed by atoms with E-state index in [-0.39, 0.29) is 23.8 Å². The van der Waals surface area contributed by atoms with E-state index in [0.29, 0.717) is 16.5 Å². The highest BCUT2D eigenvalue weighted by Gasteiger charge is 2.26. The summed E-state index contributed by atoms with van der Waals surface area (Å²) in [4.78, 5) is 12.2. The Morgan fingerprint density at radius 2 is 2.20 bits per heavy atom. The van der Waals surface area contributed by atoms with Crippen LogP contribution in [0.25, 0.3) is 21.3 Å². The Bertz CT molecular complexity index is 921. The minimum atomic E-state index is -0.477. The third kappa shape index (κ3) is 2.85. The molecule has 0 aromatic carbocycles. The fraction of sp³-hybridized carbons (Fsp3) is 0.412. The molecular weight excluding hydrogens is 341 g/mol. The van der Waals surface area contributed by atoms with E-state index in [0.717, 1.165) is 35.6 Å². The Balaban J connectivity index is 1.83. The minimum Gasteiger partial charge on any atom is -0.494 e. The van der Waals surface area contributed by atoms with Crippen molar-refractivity contribution in [1.29, 1.82) is 0 Å². The molecule has 1 aliphatic rings. The second kappa shape index (κ2) is 6.27. The highest BCUT2D eigenvalue weighted by atomic mass is 32.1. The topological polar surface area (TPSA) is 99.9 Å². The number of fused-ring (bicyclic) bond motifs is 1. The van der Waals surface area contributed by atoms with E-state index in [1.54, 1.807) is 6.20 Å². The molecule has 3 heterocycles. The van der Waals surface area contributed by atoms with Crippen LogP contribution in [0.1, 0.15) is 30.7 Å². The molecule has 6 nitrogen and oxygen atoms in total. The van der Waals surface area contributed by atoms with E-state index in [1.807, 2.05) is 6.92 Å². The molecule has 8 heteroatoms. The first-order valence-electron chi connectivity index (χ1n) is 8.39. The zero-order valence-electron chi connectivity index (χ0n) is 13.8. The van der Waals surface area contributed by atoms with Crippen LogP contribution >= 0.6 is 11.3 Å². The first-order valence-corrected chi connectivity index (χ1v) is 9.20. The van der Waals surface area contributed by atoms with Gasteiger partial charge in [-0.1, -0.05) is 12.8 Å². The Labute approximate surface area is 148 Å². The van der Waals surface area contributed by atoms with Gasteiger partial charge in [-0.05, 0) is 19.8 Å². The number of aromatic nitrogens is 3. The fourth-order valence-electron chi connectivity index (χ4n) is 3.43. The second-order valence-corrected chi connectivity index (χ2v) is 7.73. The molecule has 0 bridgehead atoms. The predicted molar refractivity (Wildman–Crippen MR) is 97.4 cm³/mol. The quantitative estimate of drug-likeness (QED) is 0.572. The van der Waals surface area contributed by atoms with Gasteiger partial charge in [0.05, 0.1) is 21.0 Å². The monoisotopic (exact) mass is 361 g/mol. The fourth-order valence-corrected chi connectivity index (χ4v) is 4.20. The van der Waals surface area contributed by atoms with Crippen molar-refractivity contribution in [3.63, 3.8) is 0 Å². The number of nitrogens with one attached hydrogen (secondary N) is 2. The van der Waals surface area contributed by atoms with E-state index in [4.69, 9.17) is 5.73 Å². The Kier molecular flexibility index (Phi) is 4.09. The summed E-state index contributed by atoms with van der Waals surface area (Å²) in [6, 6.07) is -0.0174. The molecule has 0 unspecified atom stereocenters. The third-order valence-electron chi connectivity index (χ3n) is 4.76. The number of nitrogens with two attached hydrogens (primary N) is 1. The van der Waals surface area contributed by atoms with Gasteiger partial charge >= 0.3 is 0 Å². The van der Waals surface area contributed by atoms with Gasteiger partial charge in [-0.15, -0.1) is 11.3 Å². The van der Waals surface area contributed by atoms with Crippen LogP contribution in [0.15, 0.2) is 12.4 Å². The van der Waals surface area contributed by atoms with Crippen LogP contribution in [0.4, 0.5) is 10.2 Å². The lowest BCUT2D eigenvalue weighted by Gasteiger charge is -2.30. The normalized spacial score (nSPS) is 20.9.